The van der Waals surface area contributed by atoms with Crippen LogP contribution in [0.15, 0.2) is 24.5 Å². The summed E-state index contributed by atoms with van der Waals surface area (Å²) < 4.78 is 14.9. The number of imidazole rings is 1. The van der Waals surface area contributed by atoms with Crippen molar-refractivity contribution in [2.45, 2.75) is 83.3 Å². The quantitative estimate of drug-likeness (QED) is 0.287. The number of hydrogen-bond acceptors (Lipinski definition) is 7. The van der Waals surface area contributed by atoms with Crippen LogP contribution >= 0.6 is 11.6 Å². The molecule has 2 aliphatic heterocycles. The van der Waals surface area contributed by atoms with Crippen LogP contribution in [0.25, 0.3) is 22.6 Å². The van der Waals surface area contributed by atoms with Crippen molar-refractivity contribution in [3.63, 3.8) is 0 Å². The number of fused-ring (bicyclic) bond motifs is 1. The molecule has 0 aliphatic carbocycles. The van der Waals surface area contributed by atoms with Gasteiger partial charge in [0.05, 0.1) is 12.3 Å². The summed E-state index contributed by atoms with van der Waals surface area (Å²) in [4.78, 5) is 20.7. The van der Waals surface area contributed by atoms with Crippen LogP contribution in [0.3, 0.4) is 0 Å². The van der Waals surface area contributed by atoms with Gasteiger partial charge in [-0.1, -0.05) is 20.8 Å². The number of piperidine rings is 1. The first-order valence-electron chi connectivity index (χ1n) is 13.0. The van der Waals surface area contributed by atoms with Gasteiger partial charge in [-0.2, -0.15) is 4.98 Å². The Balaban J connectivity index is 1.39. The van der Waals surface area contributed by atoms with E-state index >= 15 is 0 Å². The second kappa shape index (κ2) is 10.0. The third kappa shape index (κ3) is 5.16. The number of nitrogens with zero attached hydrogens (tertiary/aromatic N) is 6. The first-order chi connectivity index (χ1) is 17.1. The maximum Gasteiger partial charge on any atom is 0.224 e. The molecule has 0 amide bonds. The summed E-state index contributed by atoms with van der Waals surface area (Å²) in [5.41, 5.74) is 2.32. The number of rotatable bonds is 5. The average Bonchev–Trinajstić information content (AvgIpc) is 3.22. The van der Waals surface area contributed by atoms with Gasteiger partial charge in [0.2, 0.25) is 5.28 Å². The van der Waals surface area contributed by atoms with Crippen molar-refractivity contribution in [2.24, 2.45) is 0 Å². The van der Waals surface area contributed by atoms with Crippen LogP contribution in [-0.2, 0) is 9.16 Å². The van der Waals surface area contributed by atoms with Gasteiger partial charge in [0.1, 0.15) is 23.4 Å². The fraction of sp³-hybridized carbons (Fsp3) is 0.615. The molecule has 3 aromatic rings. The summed E-state index contributed by atoms with van der Waals surface area (Å²) in [6.07, 6.45) is 9.00. The van der Waals surface area contributed by atoms with Crippen LogP contribution in [0.1, 0.15) is 59.1 Å². The van der Waals surface area contributed by atoms with Crippen molar-refractivity contribution < 1.29 is 9.16 Å². The smallest absolute Gasteiger partial charge is 0.224 e. The first kappa shape index (κ1) is 25.6. The lowest BCUT2D eigenvalue weighted by atomic mass is 10.1. The molecule has 2 fully saturated rings. The van der Waals surface area contributed by atoms with Gasteiger partial charge in [-0.25, -0.2) is 15.0 Å². The Bertz CT molecular complexity index is 1200. The van der Waals surface area contributed by atoms with Gasteiger partial charge >= 0.3 is 0 Å². The lowest BCUT2D eigenvalue weighted by Gasteiger charge is -2.42. The minimum Gasteiger partial charge on any atom is -0.412 e. The van der Waals surface area contributed by atoms with E-state index in [9.17, 15) is 0 Å². The summed E-state index contributed by atoms with van der Waals surface area (Å²) >= 11 is 6.14. The third-order valence-corrected chi connectivity index (χ3v) is 12.5. The molecule has 5 heterocycles. The number of hydrogen-bond donors (Lipinski definition) is 0. The van der Waals surface area contributed by atoms with E-state index in [1.54, 1.807) is 6.20 Å². The Hall–Kier alpha value is -2.07. The van der Waals surface area contributed by atoms with Crippen molar-refractivity contribution in [2.75, 3.05) is 24.6 Å². The molecular formula is C26H37ClN6O2Si. The molecular weight excluding hydrogens is 492 g/mol. The summed E-state index contributed by atoms with van der Waals surface area (Å²) in [7, 11) is -1.81. The minimum absolute atomic E-state index is 0.125. The Labute approximate surface area is 219 Å². The molecule has 2 aliphatic rings. The normalized spacial score (nSPS) is 21.8. The van der Waals surface area contributed by atoms with Gasteiger partial charge in [-0.05, 0) is 74.0 Å². The van der Waals surface area contributed by atoms with Crippen LogP contribution in [0.2, 0.25) is 23.4 Å². The third-order valence-electron chi connectivity index (χ3n) is 7.82. The molecule has 36 heavy (non-hydrogen) atoms. The predicted octanol–water partition coefficient (Wildman–Crippen LogP) is 6.23. The molecule has 0 N–H and O–H groups in total. The Morgan fingerprint density at radius 3 is 2.58 bits per heavy atom. The molecule has 5 rings (SSSR count). The van der Waals surface area contributed by atoms with E-state index in [0.717, 1.165) is 69.0 Å². The molecule has 2 atom stereocenters. The Kier molecular flexibility index (Phi) is 7.10. The van der Waals surface area contributed by atoms with Crippen LogP contribution < -0.4 is 4.90 Å². The van der Waals surface area contributed by atoms with E-state index in [1.165, 1.54) is 0 Å². The van der Waals surface area contributed by atoms with Crippen molar-refractivity contribution >= 4 is 36.9 Å². The molecule has 0 saturated carbocycles. The largest absolute Gasteiger partial charge is 0.412 e. The molecule has 2 unspecified atom stereocenters. The zero-order valence-corrected chi connectivity index (χ0v) is 23.8. The van der Waals surface area contributed by atoms with Gasteiger partial charge in [0.15, 0.2) is 14.0 Å². The predicted molar refractivity (Wildman–Crippen MR) is 146 cm³/mol. The van der Waals surface area contributed by atoms with Gasteiger partial charge in [0, 0.05) is 31.5 Å². The second-order valence-corrected chi connectivity index (χ2v) is 16.6. The number of halogens is 1. The van der Waals surface area contributed by atoms with E-state index < -0.39 is 8.32 Å². The number of anilines is 1. The fourth-order valence-electron chi connectivity index (χ4n) is 4.82. The molecule has 10 heteroatoms. The van der Waals surface area contributed by atoms with E-state index in [4.69, 9.17) is 30.7 Å². The average molecular weight is 529 g/mol. The van der Waals surface area contributed by atoms with Gasteiger partial charge in [-0.3, -0.25) is 4.57 Å². The Morgan fingerprint density at radius 1 is 1.06 bits per heavy atom. The standard InChI is InChI=1S/C26H37ClN6O2Si/c1-26(2,3)36(4,5)35-19-9-8-13-32(17-19)21-12-11-18(15-28-21)23-30-20-16-29-25(27)31-24(20)33(23)22-10-6-7-14-34-22/h11-12,15-16,19,22H,6-10,13-14,17H2,1-5H3. The lowest BCUT2D eigenvalue weighted by molar-refractivity contribution is -0.0287. The minimum atomic E-state index is -1.81. The van der Waals surface area contributed by atoms with Crippen molar-refractivity contribution in [1.82, 2.24) is 24.5 Å². The monoisotopic (exact) mass is 528 g/mol. The van der Waals surface area contributed by atoms with E-state index in [0.29, 0.717) is 11.2 Å². The van der Waals surface area contributed by atoms with E-state index in [2.05, 4.69) is 65.4 Å². The molecule has 0 radical (unpaired) electrons. The van der Waals surface area contributed by atoms with Crippen LogP contribution in [0, 0.1) is 0 Å². The molecule has 3 aromatic heterocycles. The Morgan fingerprint density at radius 2 is 1.89 bits per heavy atom. The highest BCUT2D eigenvalue weighted by molar-refractivity contribution is 6.74. The van der Waals surface area contributed by atoms with Crippen LogP contribution in [-0.4, -0.2) is 58.6 Å². The zero-order valence-electron chi connectivity index (χ0n) is 22.0. The lowest BCUT2D eigenvalue weighted by Crippen LogP contribution is -2.49. The van der Waals surface area contributed by atoms with E-state index in [1.807, 2.05) is 6.20 Å². The molecule has 194 valence electrons. The number of pyridine rings is 1. The van der Waals surface area contributed by atoms with Crippen molar-refractivity contribution in [1.29, 1.82) is 0 Å². The van der Waals surface area contributed by atoms with Gasteiger partial charge in [-0.15, -0.1) is 0 Å². The van der Waals surface area contributed by atoms with Crippen molar-refractivity contribution in [3.8, 4) is 11.4 Å². The maximum atomic E-state index is 6.73. The summed E-state index contributed by atoms with van der Waals surface area (Å²) in [5, 5.41) is 0.413. The molecule has 0 aromatic carbocycles. The van der Waals surface area contributed by atoms with Crippen molar-refractivity contribution in [3.05, 3.63) is 29.8 Å². The molecule has 0 bridgehead atoms. The molecule has 2 saturated heterocycles. The molecule has 8 nitrogen and oxygen atoms in total. The first-order valence-corrected chi connectivity index (χ1v) is 16.3. The fourth-order valence-corrected chi connectivity index (χ4v) is 6.32. The van der Waals surface area contributed by atoms with Gasteiger partial charge < -0.3 is 14.1 Å². The van der Waals surface area contributed by atoms with Crippen LogP contribution in [0.4, 0.5) is 5.82 Å². The highest BCUT2D eigenvalue weighted by atomic mass is 35.5. The highest BCUT2D eigenvalue weighted by Gasteiger charge is 2.40. The summed E-state index contributed by atoms with van der Waals surface area (Å²) in [6, 6.07) is 4.18. The number of ether oxygens (including phenoxy) is 1. The number of aromatic nitrogens is 5. The SMILES string of the molecule is CC(C)(C)[Si](C)(C)OC1CCCN(c2ccc(-c3nc4cnc(Cl)nc4n3C3CCCCO3)cn2)C1. The second-order valence-electron chi connectivity index (χ2n) is 11.5. The summed E-state index contributed by atoms with van der Waals surface area (Å²) in [6.45, 7) is 14.2. The highest BCUT2D eigenvalue weighted by Crippen LogP contribution is 2.38. The maximum absolute atomic E-state index is 6.73. The molecule has 0 spiro atoms. The summed E-state index contributed by atoms with van der Waals surface area (Å²) in [5.74, 6) is 1.76. The zero-order chi connectivity index (χ0) is 25.5. The van der Waals surface area contributed by atoms with E-state index in [-0.39, 0.29) is 22.7 Å². The topological polar surface area (TPSA) is 78.2 Å². The van der Waals surface area contributed by atoms with Gasteiger partial charge in [0.25, 0.3) is 0 Å². The van der Waals surface area contributed by atoms with Crippen LogP contribution in [0.5, 0.6) is 0 Å².